The second-order valence-electron chi connectivity index (χ2n) is 7.28. The number of nitrogens with zero attached hydrogens (tertiary/aromatic N) is 5. The predicted molar refractivity (Wildman–Crippen MR) is 122 cm³/mol. The van der Waals surface area contributed by atoms with Gasteiger partial charge in [-0.25, -0.2) is 19.6 Å². The summed E-state index contributed by atoms with van der Waals surface area (Å²) in [5.41, 5.74) is 14.0. The smallest absolute Gasteiger partial charge is 0.387 e. The Morgan fingerprint density at radius 2 is 1.82 bits per heavy atom. The molecule has 0 unspecified atom stereocenters. The number of nitrogens with one attached hydrogen (secondary N) is 1. The van der Waals surface area contributed by atoms with Gasteiger partial charge in [0.1, 0.15) is 17.3 Å². The fraction of sp³-hybridized carbons (Fsp3) is 0.136. The summed E-state index contributed by atoms with van der Waals surface area (Å²) in [5, 5.41) is 6.86. The van der Waals surface area contributed by atoms with Crippen molar-refractivity contribution in [1.29, 1.82) is 0 Å². The van der Waals surface area contributed by atoms with Crippen LogP contribution < -0.4 is 21.5 Å². The van der Waals surface area contributed by atoms with Crippen LogP contribution in [0.5, 0.6) is 5.75 Å². The number of nitrogens with two attached hydrogens (primary N) is 2. The number of aryl methyl sites for hydroxylation is 2. The zero-order valence-electron chi connectivity index (χ0n) is 18.2. The number of carbonyl (C=O) groups excluding carboxylic acids is 1. The van der Waals surface area contributed by atoms with Gasteiger partial charge in [0.25, 0.3) is 5.91 Å². The first-order chi connectivity index (χ1) is 16.2. The minimum Gasteiger partial charge on any atom is -0.433 e. The quantitative estimate of drug-likeness (QED) is 0.392. The van der Waals surface area contributed by atoms with Crippen LogP contribution in [0.4, 0.5) is 26.1 Å². The normalized spacial score (nSPS) is 11.0. The number of para-hydroxylation sites is 2. The molecule has 0 saturated carbocycles. The van der Waals surface area contributed by atoms with Gasteiger partial charge < -0.3 is 21.5 Å². The fourth-order valence-corrected chi connectivity index (χ4v) is 3.27. The van der Waals surface area contributed by atoms with E-state index in [0.29, 0.717) is 11.3 Å². The Bertz CT molecular complexity index is 1350. The first-order valence-corrected chi connectivity index (χ1v) is 10.0. The molecule has 0 aliphatic carbocycles. The molecule has 3 aromatic heterocycles. The lowest BCUT2D eigenvalue weighted by molar-refractivity contribution is -0.0493. The molecule has 174 valence electrons. The number of benzene rings is 1. The molecule has 1 aromatic carbocycles. The number of amides is 1. The van der Waals surface area contributed by atoms with Gasteiger partial charge in [0.2, 0.25) is 0 Å². The van der Waals surface area contributed by atoms with Gasteiger partial charge >= 0.3 is 6.61 Å². The number of halogens is 2. The van der Waals surface area contributed by atoms with E-state index in [4.69, 9.17) is 11.5 Å². The second kappa shape index (κ2) is 9.10. The molecule has 0 spiro atoms. The SMILES string of the molecule is Cc1cc(-c2nc(C(=O)Nc3ccccc3OC(F)F)c(N)nc2-n2ccc(C)n2)cc(N)n1. The van der Waals surface area contributed by atoms with Gasteiger partial charge in [-0.1, -0.05) is 12.1 Å². The summed E-state index contributed by atoms with van der Waals surface area (Å²) in [6.07, 6.45) is 1.68. The van der Waals surface area contributed by atoms with Crippen molar-refractivity contribution in [3.8, 4) is 22.8 Å². The van der Waals surface area contributed by atoms with Crippen molar-refractivity contribution in [2.24, 2.45) is 0 Å². The molecule has 0 aliphatic heterocycles. The summed E-state index contributed by atoms with van der Waals surface area (Å²) in [5.74, 6) is -0.637. The van der Waals surface area contributed by atoms with Crippen LogP contribution in [0, 0.1) is 13.8 Å². The van der Waals surface area contributed by atoms with Gasteiger partial charge in [-0.15, -0.1) is 0 Å². The van der Waals surface area contributed by atoms with E-state index in [2.05, 4.69) is 30.1 Å². The largest absolute Gasteiger partial charge is 0.433 e. The Labute approximate surface area is 192 Å². The molecule has 4 aromatic rings. The van der Waals surface area contributed by atoms with Crippen LogP contribution >= 0.6 is 0 Å². The van der Waals surface area contributed by atoms with Crippen molar-refractivity contribution >= 4 is 23.2 Å². The maximum atomic E-state index is 13.0. The number of carbonyl (C=O) groups is 1. The third-order valence-corrected chi connectivity index (χ3v) is 4.66. The Morgan fingerprint density at radius 3 is 2.50 bits per heavy atom. The summed E-state index contributed by atoms with van der Waals surface area (Å²) < 4.78 is 31.4. The molecule has 0 saturated heterocycles. The summed E-state index contributed by atoms with van der Waals surface area (Å²) >= 11 is 0. The number of hydrogen-bond acceptors (Lipinski definition) is 8. The summed E-state index contributed by atoms with van der Waals surface area (Å²) in [6, 6.07) is 10.8. The van der Waals surface area contributed by atoms with Crippen molar-refractivity contribution in [2.75, 3.05) is 16.8 Å². The molecule has 5 N–H and O–H groups in total. The number of anilines is 3. The molecule has 3 heterocycles. The van der Waals surface area contributed by atoms with Crippen LogP contribution in [0.3, 0.4) is 0 Å². The number of alkyl halides is 2. The average molecular weight is 466 g/mol. The van der Waals surface area contributed by atoms with Gasteiger partial charge in [-0.3, -0.25) is 4.79 Å². The number of pyridine rings is 1. The van der Waals surface area contributed by atoms with Crippen molar-refractivity contribution in [3.63, 3.8) is 0 Å². The van der Waals surface area contributed by atoms with E-state index in [0.717, 1.165) is 5.69 Å². The lowest BCUT2D eigenvalue weighted by Crippen LogP contribution is -2.20. The highest BCUT2D eigenvalue weighted by molar-refractivity contribution is 6.07. The lowest BCUT2D eigenvalue weighted by Gasteiger charge is -2.15. The Kier molecular flexibility index (Phi) is 6.04. The number of ether oxygens (including phenoxy) is 1. The zero-order valence-corrected chi connectivity index (χ0v) is 18.2. The first kappa shape index (κ1) is 22.6. The molecular formula is C22H20F2N8O2. The van der Waals surface area contributed by atoms with Crippen LogP contribution in [0.15, 0.2) is 48.7 Å². The highest BCUT2D eigenvalue weighted by atomic mass is 19.3. The van der Waals surface area contributed by atoms with E-state index in [1.807, 2.05) is 6.92 Å². The van der Waals surface area contributed by atoms with Gasteiger partial charge in [-0.2, -0.15) is 13.9 Å². The first-order valence-electron chi connectivity index (χ1n) is 10.0. The highest BCUT2D eigenvalue weighted by Gasteiger charge is 2.22. The monoisotopic (exact) mass is 466 g/mol. The molecule has 0 atom stereocenters. The van der Waals surface area contributed by atoms with Crippen molar-refractivity contribution in [1.82, 2.24) is 24.7 Å². The number of rotatable bonds is 6. The lowest BCUT2D eigenvalue weighted by atomic mass is 10.1. The molecule has 0 radical (unpaired) electrons. The fourth-order valence-electron chi connectivity index (χ4n) is 3.27. The summed E-state index contributed by atoms with van der Waals surface area (Å²) in [4.78, 5) is 26.0. The standard InChI is InChI=1S/C22H20F2N8O2/c1-11-7-8-32(31-11)20-17(13-9-12(2)27-16(25)10-13)29-18(19(26)30-20)21(33)28-14-5-3-4-6-15(14)34-22(23)24/h3-10,22H,1-2H3,(H2,25,27)(H2,26,30)(H,28,33). The molecule has 0 bridgehead atoms. The van der Waals surface area contributed by atoms with E-state index in [-0.39, 0.29) is 40.3 Å². The molecule has 10 nitrogen and oxygen atoms in total. The number of nitrogen functional groups attached to an aromatic ring is 2. The zero-order chi connectivity index (χ0) is 24.4. The third-order valence-electron chi connectivity index (χ3n) is 4.66. The van der Waals surface area contributed by atoms with Crippen LogP contribution in [0.1, 0.15) is 21.9 Å². The third kappa shape index (κ3) is 4.75. The van der Waals surface area contributed by atoms with Gasteiger partial charge in [0.05, 0.1) is 11.4 Å². The maximum Gasteiger partial charge on any atom is 0.387 e. The molecule has 0 fully saturated rings. The van der Waals surface area contributed by atoms with E-state index >= 15 is 0 Å². The maximum absolute atomic E-state index is 13.0. The second-order valence-corrected chi connectivity index (χ2v) is 7.28. The Hall–Kier alpha value is -4.61. The highest BCUT2D eigenvalue weighted by Crippen LogP contribution is 2.29. The van der Waals surface area contributed by atoms with E-state index in [1.54, 1.807) is 37.4 Å². The topological polar surface area (TPSA) is 147 Å². The molecule has 0 aliphatic rings. The van der Waals surface area contributed by atoms with Gasteiger partial charge in [-0.05, 0) is 44.2 Å². The van der Waals surface area contributed by atoms with Crippen molar-refractivity contribution in [2.45, 2.75) is 20.5 Å². The number of hydrogen-bond donors (Lipinski definition) is 3. The van der Waals surface area contributed by atoms with Gasteiger partial charge in [0, 0.05) is 17.5 Å². The van der Waals surface area contributed by atoms with Crippen LogP contribution in [0.2, 0.25) is 0 Å². The Balaban J connectivity index is 1.81. The predicted octanol–water partition coefficient (Wildman–Crippen LogP) is 3.36. The van der Waals surface area contributed by atoms with Crippen molar-refractivity contribution in [3.05, 3.63) is 65.7 Å². The minimum absolute atomic E-state index is 0.0197. The molecular weight excluding hydrogens is 446 g/mol. The average Bonchev–Trinajstić information content (AvgIpc) is 3.20. The molecule has 12 heteroatoms. The van der Waals surface area contributed by atoms with E-state index < -0.39 is 12.5 Å². The molecule has 1 amide bonds. The van der Waals surface area contributed by atoms with Crippen molar-refractivity contribution < 1.29 is 18.3 Å². The Morgan fingerprint density at radius 1 is 1.06 bits per heavy atom. The number of aromatic nitrogens is 5. The molecule has 34 heavy (non-hydrogen) atoms. The van der Waals surface area contributed by atoms with Gasteiger partial charge in [0.15, 0.2) is 17.3 Å². The summed E-state index contributed by atoms with van der Waals surface area (Å²) in [7, 11) is 0. The van der Waals surface area contributed by atoms with Crippen LogP contribution in [-0.2, 0) is 0 Å². The molecule has 4 rings (SSSR count). The van der Waals surface area contributed by atoms with Crippen LogP contribution in [0.25, 0.3) is 17.1 Å². The van der Waals surface area contributed by atoms with E-state index in [9.17, 15) is 13.6 Å². The minimum atomic E-state index is -3.06. The van der Waals surface area contributed by atoms with E-state index in [1.165, 1.54) is 22.9 Å². The van der Waals surface area contributed by atoms with Crippen LogP contribution in [-0.4, -0.2) is 37.3 Å². The summed E-state index contributed by atoms with van der Waals surface area (Å²) in [6.45, 7) is 0.504.